The molecule has 0 unspecified atom stereocenters. The number of aliphatic hydroxyl groups is 1. The second kappa shape index (κ2) is 17.1. The number of benzene rings is 4. The summed E-state index contributed by atoms with van der Waals surface area (Å²) in [5.41, 5.74) is 3.82. The van der Waals surface area contributed by atoms with Crippen LogP contribution in [-0.2, 0) is 59.0 Å². The first-order valence-electron chi connectivity index (χ1n) is 15.5. The highest BCUT2D eigenvalue weighted by molar-refractivity contribution is 7.53. The normalized spacial score (nSPS) is 23.3. The molecule has 0 aliphatic heterocycles. The summed E-state index contributed by atoms with van der Waals surface area (Å²) in [5.74, 6) is -0.743. The van der Waals surface area contributed by atoms with Gasteiger partial charge in [-0.05, 0) is 22.3 Å². The molecule has 0 spiro atoms. The Morgan fingerprint density at radius 1 is 0.500 bits per heavy atom. The second-order valence-corrected chi connectivity index (χ2v) is 13.7. The summed E-state index contributed by atoms with van der Waals surface area (Å²) in [5, 5.41) is 12.1. The molecule has 0 amide bonds. The van der Waals surface area contributed by atoms with Crippen molar-refractivity contribution in [2.24, 2.45) is 5.92 Å². The molecule has 9 heteroatoms. The zero-order valence-electron chi connectivity index (χ0n) is 26.3. The van der Waals surface area contributed by atoms with Gasteiger partial charge in [0.25, 0.3) is 0 Å². The molecule has 0 heterocycles. The van der Waals surface area contributed by atoms with Crippen LogP contribution in [0.4, 0.5) is 0 Å². The Morgan fingerprint density at radius 3 is 1.15 bits per heavy atom. The van der Waals surface area contributed by atoms with E-state index in [2.05, 4.69) is 0 Å². The van der Waals surface area contributed by atoms with Crippen molar-refractivity contribution < 1.29 is 37.7 Å². The van der Waals surface area contributed by atoms with Crippen LogP contribution in [0.15, 0.2) is 121 Å². The predicted octanol–water partition coefficient (Wildman–Crippen LogP) is 6.80. The highest BCUT2D eigenvalue weighted by Gasteiger charge is 2.55. The summed E-state index contributed by atoms with van der Waals surface area (Å²) in [4.78, 5) is 0. The minimum atomic E-state index is -3.60. The maximum absolute atomic E-state index is 13.6. The molecule has 1 aliphatic carbocycles. The van der Waals surface area contributed by atoms with E-state index < -0.39 is 44.0 Å². The zero-order valence-corrected chi connectivity index (χ0v) is 27.2. The van der Waals surface area contributed by atoms with Crippen molar-refractivity contribution in [1.29, 1.82) is 0 Å². The standard InChI is InChI=1S/C37H43O8P/c1-40-46(39,41-2)27-32-33(38)35(43-24-29-17-9-4-10-18-29)37(45-26-31-21-13-6-14-22-31)36(44-25-30-19-11-5-12-20-30)34(32)42-23-28-15-7-3-8-16-28/h3-22,32-38H,23-27H2,1-2H3/t32-,33-,34+,35+,36-,37-/m1/s1. The van der Waals surface area contributed by atoms with E-state index in [1.807, 2.05) is 121 Å². The van der Waals surface area contributed by atoms with Gasteiger partial charge in [0.1, 0.15) is 18.3 Å². The third kappa shape index (κ3) is 9.22. The summed E-state index contributed by atoms with van der Waals surface area (Å²) in [6, 6.07) is 39.2. The fourth-order valence-corrected chi connectivity index (χ4v) is 7.19. The summed E-state index contributed by atoms with van der Waals surface area (Å²) in [7, 11) is -0.912. The van der Waals surface area contributed by atoms with E-state index in [-0.39, 0.29) is 32.6 Å². The first kappa shape index (κ1) is 34.2. The van der Waals surface area contributed by atoms with Gasteiger partial charge in [0.05, 0.1) is 44.8 Å². The van der Waals surface area contributed by atoms with Gasteiger partial charge in [0, 0.05) is 20.1 Å². The fraction of sp³-hybridized carbons (Fsp3) is 0.351. The zero-order chi connectivity index (χ0) is 32.2. The van der Waals surface area contributed by atoms with Crippen molar-refractivity contribution >= 4 is 7.60 Å². The minimum absolute atomic E-state index is 0.109. The topological polar surface area (TPSA) is 92.7 Å². The van der Waals surface area contributed by atoms with Crippen LogP contribution >= 0.6 is 7.60 Å². The number of rotatable bonds is 16. The van der Waals surface area contributed by atoms with Crippen molar-refractivity contribution in [2.45, 2.75) is 56.9 Å². The van der Waals surface area contributed by atoms with Crippen molar-refractivity contribution in [1.82, 2.24) is 0 Å². The highest BCUT2D eigenvalue weighted by atomic mass is 31.2. The van der Waals surface area contributed by atoms with Gasteiger partial charge >= 0.3 is 7.60 Å². The number of hydrogen-bond acceptors (Lipinski definition) is 8. The van der Waals surface area contributed by atoms with Crippen LogP contribution in [0.3, 0.4) is 0 Å². The molecule has 0 radical (unpaired) electrons. The van der Waals surface area contributed by atoms with Crippen molar-refractivity contribution in [3.63, 3.8) is 0 Å². The molecule has 0 saturated heterocycles. The van der Waals surface area contributed by atoms with Crippen molar-refractivity contribution in [2.75, 3.05) is 20.4 Å². The van der Waals surface area contributed by atoms with Gasteiger partial charge in [-0.3, -0.25) is 4.57 Å². The van der Waals surface area contributed by atoms with E-state index in [0.29, 0.717) is 0 Å². The summed E-state index contributed by atoms with van der Waals surface area (Å²) in [6.07, 6.45) is -4.33. The largest absolute Gasteiger partial charge is 0.390 e. The Labute approximate surface area is 271 Å². The van der Waals surface area contributed by atoms with Gasteiger partial charge in [-0.1, -0.05) is 121 Å². The monoisotopic (exact) mass is 646 g/mol. The minimum Gasteiger partial charge on any atom is -0.390 e. The molecular formula is C37H43O8P. The lowest BCUT2D eigenvalue weighted by molar-refractivity contribution is -0.258. The van der Waals surface area contributed by atoms with Gasteiger partial charge in [-0.15, -0.1) is 0 Å². The van der Waals surface area contributed by atoms with Crippen LogP contribution in [-0.4, -0.2) is 56.0 Å². The van der Waals surface area contributed by atoms with Gasteiger partial charge < -0.3 is 33.1 Å². The summed E-state index contributed by atoms with van der Waals surface area (Å²) < 4.78 is 50.8. The van der Waals surface area contributed by atoms with E-state index in [9.17, 15) is 9.67 Å². The first-order chi connectivity index (χ1) is 22.5. The molecule has 4 aromatic rings. The quantitative estimate of drug-likeness (QED) is 0.133. The predicted molar refractivity (Wildman–Crippen MR) is 176 cm³/mol. The van der Waals surface area contributed by atoms with Gasteiger partial charge in [-0.25, -0.2) is 0 Å². The van der Waals surface area contributed by atoms with Crippen molar-refractivity contribution in [3.8, 4) is 0 Å². The molecule has 1 aliphatic rings. The lowest BCUT2D eigenvalue weighted by atomic mass is 9.78. The van der Waals surface area contributed by atoms with Crippen LogP contribution in [0.5, 0.6) is 0 Å². The average molecular weight is 647 g/mol. The molecule has 8 nitrogen and oxygen atoms in total. The molecule has 4 aromatic carbocycles. The average Bonchev–Trinajstić information content (AvgIpc) is 3.11. The maximum Gasteiger partial charge on any atom is 0.330 e. The Hall–Kier alpha value is -3.17. The Kier molecular flexibility index (Phi) is 12.7. The molecule has 244 valence electrons. The Morgan fingerprint density at radius 2 is 0.804 bits per heavy atom. The molecular weight excluding hydrogens is 603 g/mol. The smallest absolute Gasteiger partial charge is 0.330 e. The van der Waals surface area contributed by atoms with E-state index >= 15 is 0 Å². The SMILES string of the molecule is COP(=O)(C[C@@H]1[C@@H](O)[C@H](OCc2ccccc2)[C@@H](OCc2ccccc2)[C@H](OCc2ccccc2)[C@H]1OCc1ccccc1)OC. The summed E-state index contributed by atoms with van der Waals surface area (Å²) in [6.45, 7) is 1.00. The van der Waals surface area contributed by atoms with E-state index in [1.165, 1.54) is 14.2 Å². The molecule has 6 atom stereocenters. The van der Waals surface area contributed by atoms with Crippen LogP contribution in [0, 0.1) is 5.92 Å². The molecule has 0 bridgehead atoms. The Balaban J connectivity index is 1.53. The third-order valence-electron chi connectivity index (χ3n) is 8.30. The maximum atomic E-state index is 13.6. The van der Waals surface area contributed by atoms with E-state index in [0.717, 1.165) is 22.3 Å². The highest BCUT2D eigenvalue weighted by Crippen LogP contribution is 2.51. The third-order valence-corrected chi connectivity index (χ3v) is 10.3. The first-order valence-corrected chi connectivity index (χ1v) is 17.2. The number of hydrogen-bond donors (Lipinski definition) is 1. The number of ether oxygens (including phenoxy) is 4. The lowest BCUT2D eigenvalue weighted by Gasteiger charge is -2.49. The van der Waals surface area contributed by atoms with Crippen LogP contribution in [0.2, 0.25) is 0 Å². The van der Waals surface area contributed by atoms with Crippen LogP contribution < -0.4 is 0 Å². The summed E-state index contributed by atoms with van der Waals surface area (Å²) >= 11 is 0. The molecule has 1 fully saturated rings. The van der Waals surface area contributed by atoms with Gasteiger partial charge in [0.15, 0.2) is 0 Å². The second-order valence-electron chi connectivity index (χ2n) is 11.4. The van der Waals surface area contributed by atoms with Gasteiger partial charge in [0.2, 0.25) is 0 Å². The Bertz CT molecular complexity index is 1470. The molecule has 1 N–H and O–H groups in total. The van der Waals surface area contributed by atoms with Crippen molar-refractivity contribution in [3.05, 3.63) is 144 Å². The van der Waals surface area contributed by atoms with E-state index in [1.54, 1.807) is 0 Å². The van der Waals surface area contributed by atoms with Crippen LogP contribution in [0.1, 0.15) is 22.3 Å². The molecule has 5 rings (SSSR count). The van der Waals surface area contributed by atoms with Crippen LogP contribution in [0.25, 0.3) is 0 Å². The number of aliphatic hydroxyl groups excluding tert-OH is 1. The van der Waals surface area contributed by atoms with Gasteiger partial charge in [-0.2, -0.15) is 0 Å². The lowest BCUT2D eigenvalue weighted by Crippen LogP contribution is -2.64. The molecule has 46 heavy (non-hydrogen) atoms. The fourth-order valence-electron chi connectivity index (χ4n) is 5.80. The molecule has 0 aromatic heterocycles. The van der Waals surface area contributed by atoms with E-state index in [4.69, 9.17) is 28.0 Å². The molecule has 1 saturated carbocycles.